The minimum Gasteiger partial charge on any atom is -0.484 e. The summed E-state index contributed by atoms with van der Waals surface area (Å²) in [4.78, 5) is 27.2. The van der Waals surface area contributed by atoms with Gasteiger partial charge in [-0.3, -0.25) is 9.59 Å². The highest BCUT2D eigenvalue weighted by molar-refractivity contribution is 6.35. The van der Waals surface area contributed by atoms with Gasteiger partial charge >= 0.3 is 0 Å². The van der Waals surface area contributed by atoms with Crippen molar-refractivity contribution in [1.29, 1.82) is 0 Å². The molecule has 2 amide bonds. The molecular formula is C23H28Cl2N2O3. The molecule has 0 aliphatic carbocycles. The summed E-state index contributed by atoms with van der Waals surface area (Å²) in [5, 5.41) is 3.83. The summed E-state index contributed by atoms with van der Waals surface area (Å²) in [6, 6.07) is 11.9. The van der Waals surface area contributed by atoms with Crippen molar-refractivity contribution in [2.24, 2.45) is 5.92 Å². The molecule has 5 nitrogen and oxygen atoms in total. The Balaban J connectivity index is 2.19. The van der Waals surface area contributed by atoms with Gasteiger partial charge in [0.1, 0.15) is 11.8 Å². The summed E-state index contributed by atoms with van der Waals surface area (Å²) >= 11 is 12.3. The lowest BCUT2D eigenvalue weighted by Gasteiger charge is -2.29. The van der Waals surface area contributed by atoms with Gasteiger partial charge in [-0.25, -0.2) is 0 Å². The fraction of sp³-hybridized carbons (Fsp3) is 0.391. The van der Waals surface area contributed by atoms with E-state index in [4.69, 9.17) is 27.9 Å². The number of nitrogens with one attached hydrogen (secondary N) is 1. The minimum atomic E-state index is -0.691. The number of hydrogen-bond donors (Lipinski definition) is 1. The van der Waals surface area contributed by atoms with Crippen LogP contribution >= 0.6 is 23.2 Å². The number of ether oxygens (including phenoxy) is 1. The molecule has 0 saturated heterocycles. The van der Waals surface area contributed by atoms with Crippen LogP contribution in [0.3, 0.4) is 0 Å². The van der Waals surface area contributed by atoms with Gasteiger partial charge in [0.05, 0.1) is 0 Å². The first-order valence-electron chi connectivity index (χ1n) is 9.88. The van der Waals surface area contributed by atoms with Gasteiger partial charge in [0.25, 0.3) is 5.91 Å². The second kappa shape index (κ2) is 11.2. The normalized spacial score (nSPS) is 11.8. The summed E-state index contributed by atoms with van der Waals surface area (Å²) in [6.07, 6.45) is 0. The molecule has 0 radical (unpaired) electrons. The van der Waals surface area contributed by atoms with E-state index < -0.39 is 6.04 Å². The fourth-order valence-corrected chi connectivity index (χ4v) is 3.28. The molecule has 0 saturated carbocycles. The Bertz CT molecular complexity index is 887. The van der Waals surface area contributed by atoms with Crippen LogP contribution in [0.1, 0.15) is 31.9 Å². The molecule has 2 aromatic carbocycles. The first-order valence-corrected chi connectivity index (χ1v) is 10.6. The Morgan fingerprint density at radius 3 is 2.43 bits per heavy atom. The zero-order valence-corrected chi connectivity index (χ0v) is 19.3. The largest absolute Gasteiger partial charge is 0.484 e. The van der Waals surface area contributed by atoms with E-state index in [9.17, 15) is 9.59 Å². The quantitative estimate of drug-likeness (QED) is 0.592. The lowest BCUT2D eigenvalue weighted by molar-refractivity contribution is -0.142. The third-order valence-electron chi connectivity index (χ3n) is 4.65. The smallest absolute Gasteiger partial charge is 0.261 e. The molecule has 162 valence electrons. The maximum atomic E-state index is 13.0. The molecule has 0 aliphatic rings. The lowest BCUT2D eigenvalue weighted by atomic mass is 10.1. The number of carbonyl (C=O) groups is 2. The number of halogens is 2. The van der Waals surface area contributed by atoms with Crippen molar-refractivity contribution < 1.29 is 14.3 Å². The van der Waals surface area contributed by atoms with Gasteiger partial charge in [-0.2, -0.15) is 0 Å². The molecule has 2 aromatic rings. The average Bonchev–Trinajstić information content (AvgIpc) is 2.70. The maximum absolute atomic E-state index is 13.0. The van der Waals surface area contributed by atoms with Gasteiger partial charge in [-0.15, -0.1) is 0 Å². The zero-order chi connectivity index (χ0) is 22.3. The van der Waals surface area contributed by atoms with Crippen molar-refractivity contribution in [1.82, 2.24) is 10.2 Å². The molecule has 30 heavy (non-hydrogen) atoms. The SMILES string of the molecule is Cc1ccccc1OCC(=O)N(Cc1ccc(Cl)cc1Cl)[C@H](C)C(=O)NCC(C)C. The third kappa shape index (κ3) is 6.92. The summed E-state index contributed by atoms with van der Waals surface area (Å²) in [5.41, 5.74) is 1.63. The van der Waals surface area contributed by atoms with Crippen molar-refractivity contribution in [3.8, 4) is 5.75 Å². The number of carbonyl (C=O) groups excluding carboxylic acids is 2. The maximum Gasteiger partial charge on any atom is 0.261 e. The molecule has 0 fully saturated rings. The zero-order valence-electron chi connectivity index (χ0n) is 17.7. The van der Waals surface area contributed by atoms with E-state index in [-0.39, 0.29) is 25.0 Å². The van der Waals surface area contributed by atoms with E-state index in [0.29, 0.717) is 33.8 Å². The Labute approximate surface area is 188 Å². The van der Waals surface area contributed by atoms with Gasteiger partial charge in [0.2, 0.25) is 5.91 Å². The molecular weight excluding hydrogens is 423 g/mol. The Hall–Kier alpha value is -2.24. The Kier molecular flexibility index (Phi) is 9.00. The van der Waals surface area contributed by atoms with E-state index in [1.54, 1.807) is 25.1 Å². The highest BCUT2D eigenvalue weighted by atomic mass is 35.5. The minimum absolute atomic E-state index is 0.169. The second-order valence-corrected chi connectivity index (χ2v) is 8.47. The van der Waals surface area contributed by atoms with Crippen LogP contribution < -0.4 is 10.1 Å². The van der Waals surface area contributed by atoms with Crippen LogP contribution in [0, 0.1) is 12.8 Å². The summed E-state index contributed by atoms with van der Waals surface area (Å²) < 4.78 is 5.72. The second-order valence-electron chi connectivity index (χ2n) is 7.63. The first kappa shape index (κ1) is 24.0. The number of amides is 2. The van der Waals surface area contributed by atoms with Crippen molar-refractivity contribution in [2.75, 3.05) is 13.2 Å². The molecule has 1 atom stereocenters. The van der Waals surface area contributed by atoms with Crippen LogP contribution in [0.4, 0.5) is 0 Å². The molecule has 0 unspecified atom stereocenters. The summed E-state index contributed by atoms with van der Waals surface area (Å²) in [7, 11) is 0. The number of rotatable bonds is 9. The fourth-order valence-electron chi connectivity index (χ4n) is 2.81. The molecule has 0 aliphatic heterocycles. The van der Waals surface area contributed by atoms with E-state index in [2.05, 4.69) is 5.32 Å². The molecule has 7 heteroatoms. The standard InChI is InChI=1S/C23H28Cl2N2O3/c1-15(2)12-26-23(29)17(4)27(13-18-9-10-19(24)11-20(18)25)22(28)14-30-21-8-6-5-7-16(21)3/h5-11,15,17H,12-14H2,1-4H3,(H,26,29)/t17-/m1/s1. The van der Waals surface area contributed by atoms with Crippen molar-refractivity contribution in [2.45, 2.75) is 40.3 Å². The summed E-state index contributed by atoms with van der Waals surface area (Å²) in [5.74, 6) is 0.405. The average molecular weight is 451 g/mol. The number of nitrogens with zero attached hydrogens (tertiary/aromatic N) is 1. The predicted molar refractivity (Wildman–Crippen MR) is 121 cm³/mol. The third-order valence-corrected chi connectivity index (χ3v) is 5.24. The van der Waals surface area contributed by atoms with Crippen LogP contribution in [-0.4, -0.2) is 35.9 Å². The predicted octanol–water partition coefficient (Wildman–Crippen LogP) is 4.87. The summed E-state index contributed by atoms with van der Waals surface area (Å²) in [6.45, 7) is 8.15. The van der Waals surface area contributed by atoms with Gasteiger partial charge in [0, 0.05) is 23.1 Å². The van der Waals surface area contributed by atoms with Gasteiger partial charge < -0.3 is 15.0 Å². The van der Waals surface area contributed by atoms with Crippen LogP contribution in [0.2, 0.25) is 10.0 Å². The number of aryl methyl sites for hydroxylation is 1. The topological polar surface area (TPSA) is 58.6 Å². The van der Waals surface area contributed by atoms with Crippen LogP contribution in [-0.2, 0) is 16.1 Å². The van der Waals surface area contributed by atoms with Gasteiger partial charge in [-0.1, -0.05) is 61.3 Å². The first-order chi connectivity index (χ1) is 14.2. The number of hydrogen-bond acceptors (Lipinski definition) is 3. The van der Waals surface area contributed by atoms with Crippen molar-refractivity contribution >= 4 is 35.0 Å². The van der Waals surface area contributed by atoms with Crippen LogP contribution in [0.15, 0.2) is 42.5 Å². The van der Waals surface area contributed by atoms with Gasteiger partial charge in [-0.05, 0) is 49.1 Å². The van der Waals surface area contributed by atoms with E-state index in [1.807, 2.05) is 45.0 Å². The highest BCUT2D eigenvalue weighted by Gasteiger charge is 2.27. The highest BCUT2D eigenvalue weighted by Crippen LogP contribution is 2.23. The Morgan fingerprint density at radius 1 is 1.10 bits per heavy atom. The number of benzene rings is 2. The van der Waals surface area contributed by atoms with Crippen molar-refractivity contribution in [3.63, 3.8) is 0 Å². The van der Waals surface area contributed by atoms with Crippen LogP contribution in [0.5, 0.6) is 5.75 Å². The van der Waals surface area contributed by atoms with E-state index in [1.165, 1.54) is 4.90 Å². The Morgan fingerprint density at radius 2 is 1.80 bits per heavy atom. The monoisotopic (exact) mass is 450 g/mol. The lowest BCUT2D eigenvalue weighted by Crippen LogP contribution is -2.49. The van der Waals surface area contributed by atoms with Crippen molar-refractivity contribution in [3.05, 3.63) is 63.6 Å². The molecule has 0 heterocycles. The van der Waals surface area contributed by atoms with E-state index in [0.717, 1.165) is 5.56 Å². The molecule has 0 spiro atoms. The van der Waals surface area contributed by atoms with Crippen LogP contribution in [0.25, 0.3) is 0 Å². The molecule has 0 bridgehead atoms. The van der Waals surface area contributed by atoms with Gasteiger partial charge in [0.15, 0.2) is 6.61 Å². The molecule has 1 N–H and O–H groups in total. The number of para-hydroxylation sites is 1. The molecule has 0 aromatic heterocycles. The molecule has 2 rings (SSSR count). The van der Waals surface area contributed by atoms with E-state index >= 15 is 0 Å².